The van der Waals surface area contributed by atoms with E-state index in [1.165, 1.54) is 0 Å². The third-order valence-electron chi connectivity index (χ3n) is 1.33. The van der Waals surface area contributed by atoms with Crippen LogP contribution in [0.2, 0.25) is 0 Å². The molecular formula is C7H2BrF2IN2. The molecule has 0 N–H and O–H groups in total. The molecule has 0 aliphatic carbocycles. The maximum Gasteiger partial charge on any atom is 0.266 e. The van der Waals surface area contributed by atoms with E-state index in [1.54, 1.807) is 22.6 Å². The van der Waals surface area contributed by atoms with Crippen LogP contribution in [0, 0.1) is 14.9 Å². The predicted octanol–water partition coefficient (Wildman–Crippen LogP) is 3.26. The number of nitrogens with zero attached hydrogens (tertiary/aromatic N) is 2. The molecule has 0 saturated carbocycles. The molecule has 0 saturated heterocycles. The van der Waals surface area contributed by atoms with Gasteiger partial charge in [0.2, 0.25) is 0 Å². The normalized spacial score (nSPS) is 10.2. The fraction of sp³-hybridized carbons (Fsp3) is 0.143. The summed E-state index contributed by atoms with van der Waals surface area (Å²) >= 11 is 4.79. The second-order valence-corrected chi connectivity index (χ2v) is 3.97. The van der Waals surface area contributed by atoms with Crippen LogP contribution < -0.4 is 0 Å². The molecule has 0 unspecified atom stereocenters. The molecule has 0 aliphatic heterocycles. The largest absolute Gasteiger partial charge is 0.266 e. The molecule has 1 aromatic rings. The van der Waals surface area contributed by atoms with Gasteiger partial charge in [-0.05, 0) is 38.5 Å². The number of hydrogen-bond donors (Lipinski definition) is 0. The Balaban J connectivity index is 3.33. The van der Waals surface area contributed by atoms with Gasteiger partial charge < -0.3 is 0 Å². The Kier molecular flexibility index (Phi) is 3.55. The third kappa shape index (κ3) is 2.14. The summed E-state index contributed by atoms with van der Waals surface area (Å²) in [4.78, 5) is 3.60. The number of nitriles is 1. The summed E-state index contributed by atoms with van der Waals surface area (Å²) in [5.41, 5.74) is -0.0414. The SMILES string of the molecule is N#Cc1ncc(C(F)F)c(Br)c1I. The van der Waals surface area contributed by atoms with Gasteiger partial charge in [-0.1, -0.05) is 0 Å². The average molecular weight is 359 g/mol. The van der Waals surface area contributed by atoms with E-state index in [4.69, 9.17) is 5.26 Å². The second kappa shape index (κ2) is 4.28. The Hall–Kier alpha value is -0.290. The first-order chi connectivity index (χ1) is 6.07. The fourth-order valence-electron chi connectivity index (χ4n) is 0.708. The van der Waals surface area contributed by atoms with Gasteiger partial charge in [0.05, 0.1) is 9.13 Å². The van der Waals surface area contributed by atoms with Crippen LogP contribution >= 0.6 is 38.5 Å². The monoisotopic (exact) mass is 358 g/mol. The van der Waals surface area contributed by atoms with Crippen LogP contribution in [0.1, 0.15) is 17.7 Å². The minimum atomic E-state index is -2.58. The molecule has 0 spiro atoms. The molecule has 0 aromatic carbocycles. The summed E-state index contributed by atoms with van der Waals surface area (Å²) in [6.07, 6.45) is -1.57. The summed E-state index contributed by atoms with van der Waals surface area (Å²) in [5, 5.41) is 8.55. The standard InChI is InChI=1S/C7H2BrF2IN2/c8-5-3(7(9)10)2-13-4(1-12)6(5)11/h2,7H. The highest BCUT2D eigenvalue weighted by molar-refractivity contribution is 14.1. The first-order valence-electron chi connectivity index (χ1n) is 3.10. The predicted molar refractivity (Wildman–Crippen MR) is 54.3 cm³/mol. The topological polar surface area (TPSA) is 36.7 Å². The van der Waals surface area contributed by atoms with Crippen LogP contribution in [0.4, 0.5) is 8.78 Å². The van der Waals surface area contributed by atoms with Crippen LogP contribution in [-0.4, -0.2) is 4.98 Å². The lowest BCUT2D eigenvalue weighted by Gasteiger charge is -2.04. The average Bonchev–Trinajstić information content (AvgIpc) is 2.09. The lowest BCUT2D eigenvalue weighted by molar-refractivity contribution is 0.150. The van der Waals surface area contributed by atoms with Crippen molar-refractivity contribution in [2.75, 3.05) is 0 Å². The Labute approximate surface area is 95.2 Å². The van der Waals surface area contributed by atoms with E-state index >= 15 is 0 Å². The van der Waals surface area contributed by atoms with Crippen LogP contribution in [-0.2, 0) is 0 Å². The number of halogens is 4. The minimum Gasteiger partial charge on any atom is -0.244 e. The molecule has 13 heavy (non-hydrogen) atoms. The zero-order valence-electron chi connectivity index (χ0n) is 6.06. The molecule has 1 aromatic heterocycles. The van der Waals surface area contributed by atoms with Crippen molar-refractivity contribution in [2.24, 2.45) is 0 Å². The van der Waals surface area contributed by atoms with Crippen molar-refractivity contribution in [3.63, 3.8) is 0 Å². The van der Waals surface area contributed by atoms with E-state index in [0.717, 1.165) is 6.20 Å². The Bertz CT molecular complexity index is 375. The van der Waals surface area contributed by atoms with Gasteiger partial charge in [-0.3, -0.25) is 0 Å². The zero-order valence-corrected chi connectivity index (χ0v) is 9.80. The van der Waals surface area contributed by atoms with Crippen LogP contribution in [0.5, 0.6) is 0 Å². The van der Waals surface area contributed by atoms with Gasteiger partial charge in [0.1, 0.15) is 6.07 Å². The van der Waals surface area contributed by atoms with Crippen molar-refractivity contribution in [2.45, 2.75) is 6.43 Å². The lowest BCUT2D eigenvalue weighted by Crippen LogP contribution is -1.95. The molecule has 0 aliphatic rings. The van der Waals surface area contributed by atoms with Crippen LogP contribution in [0.15, 0.2) is 10.7 Å². The smallest absolute Gasteiger partial charge is 0.244 e. The minimum absolute atomic E-state index is 0.150. The zero-order chi connectivity index (χ0) is 10.0. The van der Waals surface area contributed by atoms with E-state index in [0.29, 0.717) is 3.57 Å². The Morgan fingerprint density at radius 2 is 2.23 bits per heavy atom. The van der Waals surface area contributed by atoms with Crippen molar-refractivity contribution < 1.29 is 8.78 Å². The quantitative estimate of drug-likeness (QED) is 0.722. The van der Waals surface area contributed by atoms with E-state index in [1.807, 2.05) is 6.07 Å². The lowest BCUT2D eigenvalue weighted by atomic mass is 10.2. The molecule has 0 amide bonds. The molecule has 0 radical (unpaired) electrons. The van der Waals surface area contributed by atoms with Gasteiger partial charge in [0, 0.05) is 10.7 Å². The van der Waals surface area contributed by atoms with Crippen LogP contribution in [0.25, 0.3) is 0 Å². The number of rotatable bonds is 1. The van der Waals surface area contributed by atoms with E-state index in [-0.39, 0.29) is 15.7 Å². The van der Waals surface area contributed by atoms with Gasteiger partial charge in [0.15, 0.2) is 5.69 Å². The molecule has 1 rings (SSSR count). The maximum atomic E-state index is 12.3. The summed E-state index contributed by atoms with van der Waals surface area (Å²) in [6.45, 7) is 0. The van der Waals surface area contributed by atoms with Crippen molar-refractivity contribution in [3.05, 3.63) is 25.5 Å². The summed E-state index contributed by atoms with van der Waals surface area (Å²) in [7, 11) is 0. The highest BCUT2D eigenvalue weighted by Gasteiger charge is 2.16. The number of alkyl halides is 2. The number of hydrogen-bond acceptors (Lipinski definition) is 2. The van der Waals surface area contributed by atoms with Crippen molar-refractivity contribution >= 4 is 38.5 Å². The number of aromatic nitrogens is 1. The molecule has 1 heterocycles. The molecular weight excluding hydrogens is 357 g/mol. The molecule has 0 bridgehead atoms. The maximum absolute atomic E-state index is 12.3. The first-order valence-corrected chi connectivity index (χ1v) is 4.97. The van der Waals surface area contributed by atoms with Gasteiger partial charge in [-0.2, -0.15) is 5.26 Å². The first kappa shape index (κ1) is 10.8. The van der Waals surface area contributed by atoms with Gasteiger partial charge in [0.25, 0.3) is 6.43 Å². The van der Waals surface area contributed by atoms with Gasteiger partial charge >= 0.3 is 0 Å². The third-order valence-corrected chi connectivity index (χ3v) is 3.97. The van der Waals surface area contributed by atoms with E-state index < -0.39 is 6.43 Å². The molecule has 0 fully saturated rings. The summed E-state index contributed by atoms with van der Waals surface area (Å²) in [5.74, 6) is 0. The molecule has 68 valence electrons. The number of pyridine rings is 1. The van der Waals surface area contributed by atoms with Crippen molar-refractivity contribution in [1.29, 1.82) is 5.26 Å². The fourth-order valence-corrected chi connectivity index (χ4v) is 1.74. The Morgan fingerprint density at radius 1 is 1.62 bits per heavy atom. The highest BCUT2D eigenvalue weighted by Crippen LogP contribution is 2.31. The van der Waals surface area contributed by atoms with Crippen molar-refractivity contribution in [1.82, 2.24) is 4.98 Å². The van der Waals surface area contributed by atoms with Gasteiger partial charge in [-0.15, -0.1) is 0 Å². The summed E-state index contributed by atoms with van der Waals surface area (Å²) in [6, 6.07) is 1.81. The molecule has 6 heteroatoms. The van der Waals surface area contributed by atoms with E-state index in [2.05, 4.69) is 20.9 Å². The van der Waals surface area contributed by atoms with Gasteiger partial charge in [-0.25, -0.2) is 13.8 Å². The van der Waals surface area contributed by atoms with E-state index in [9.17, 15) is 8.78 Å². The van der Waals surface area contributed by atoms with Crippen molar-refractivity contribution in [3.8, 4) is 6.07 Å². The highest BCUT2D eigenvalue weighted by atomic mass is 127. The molecule has 2 nitrogen and oxygen atoms in total. The second-order valence-electron chi connectivity index (χ2n) is 2.10. The molecule has 0 atom stereocenters. The summed E-state index contributed by atoms with van der Waals surface area (Å²) < 4.78 is 25.2. The van der Waals surface area contributed by atoms with Crippen LogP contribution in [0.3, 0.4) is 0 Å². The Morgan fingerprint density at radius 3 is 2.69 bits per heavy atom.